The summed E-state index contributed by atoms with van der Waals surface area (Å²) < 4.78 is 5.66. The number of carbonyl (C=O) groups excluding carboxylic acids is 2. The van der Waals surface area contributed by atoms with Crippen LogP contribution in [-0.2, 0) is 0 Å². The Kier molecular flexibility index (Phi) is 8.40. The van der Waals surface area contributed by atoms with E-state index < -0.39 is 0 Å². The van der Waals surface area contributed by atoms with Gasteiger partial charge in [-0.05, 0) is 87.1 Å². The maximum atomic E-state index is 12.9. The molecule has 0 unspecified atom stereocenters. The van der Waals surface area contributed by atoms with Crippen molar-refractivity contribution in [3.8, 4) is 5.75 Å². The van der Waals surface area contributed by atoms with Crippen molar-refractivity contribution in [2.24, 2.45) is 0 Å². The zero-order valence-electron chi connectivity index (χ0n) is 21.4. The van der Waals surface area contributed by atoms with Crippen LogP contribution >= 0.6 is 12.2 Å². The normalized spacial score (nSPS) is 13.3. The fourth-order valence-corrected chi connectivity index (χ4v) is 4.44. The molecule has 0 aliphatic carbocycles. The number of aryl methyl sites for hydroxylation is 1. The lowest BCUT2D eigenvalue weighted by atomic mass is 10.1. The minimum absolute atomic E-state index is 0.0222. The smallest absolute Gasteiger partial charge is 0.257 e. The van der Waals surface area contributed by atoms with Crippen molar-refractivity contribution >= 4 is 40.5 Å². The van der Waals surface area contributed by atoms with E-state index in [1.54, 1.807) is 18.2 Å². The second kappa shape index (κ2) is 11.9. The SMILES string of the molecule is Cc1ccccc1C(=O)N1CCN(c2ccc(NC(=S)NC(=O)c3cccc(OC(C)C)c3)cc2)CC1. The first-order valence-electron chi connectivity index (χ1n) is 12.4. The van der Waals surface area contributed by atoms with E-state index in [4.69, 9.17) is 17.0 Å². The van der Waals surface area contributed by atoms with Crippen LogP contribution in [0.4, 0.5) is 11.4 Å². The number of piperazine rings is 1. The number of amides is 2. The van der Waals surface area contributed by atoms with Gasteiger partial charge in [-0.15, -0.1) is 0 Å². The van der Waals surface area contributed by atoms with Crippen molar-refractivity contribution in [2.45, 2.75) is 26.9 Å². The van der Waals surface area contributed by atoms with Gasteiger partial charge in [0.15, 0.2) is 5.11 Å². The molecule has 2 N–H and O–H groups in total. The van der Waals surface area contributed by atoms with Gasteiger partial charge in [0.2, 0.25) is 0 Å². The largest absolute Gasteiger partial charge is 0.491 e. The Morgan fingerprint density at radius 1 is 0.919 bits per heavy atom. The molecule has 2 amide bonds. The summed E-state index contributed by atoms with van der Waals surface area (Å²) in [6, 6.07) is 22.6. The molecule has 3 aromatic carbocycles. The van der Waals surface area contributed by atoms with Crippen LogP contribution in [0.25, 0.3) is 0 Å². The molecule has 0 bridgehead atoms. The minimum atomic E-state index is -0.304. The summed E-state index contributed by atoms with van der Waals surface area (Å²) in [5, 5.41) is 5.99. The van der Waals surface area contributed by atoms with Crippen LogP contribution in [0.1, 0.15) is 40.1 Å². The Morgan fingerprint density at radius 2 is 1.62 bits per heavy atom. The standard InChI is InChI=1S/C29H32N4O3S/c1-20(2)36-25-9-6-8-22(19-25)27(34)31-29(37)30-23-11-13-24(14-12-23)32-15-17-33(18-16-32)28(35)26-10-5-4-7-21(26)3/h4-14,19-20H,15-18H2,1-3H3,(H2,30,31,34,37). The van der Waals surface area contributed by atoms with Gasteiger partial charge in [-0.1, -0.05) is 24.3 Å². The quantitative estimate of drug-likeness (QED) is 0.456. The number of ether oxygens (including phenoxy) is 1. The Bertz CT molecular complexity index is 1270. The van der Waals surface area contributed by atoms with Gasteiger partial charge in [-0.2, -0.15) is 0 Å². The summed E-state index contributed by atoms with van der Waals surface area (Å²) in [6.07, 6.45) is 0.0222. The van der Waals surface area contributed by atoms with E-state index in [2.05, 4.69) is 15.5 Å². The number of hydrogen-bond acceptors (Lipinski definition) is 5. The maximum absolute atomic E-state index is 12.9. The van der Waals surface area contributed by atoms with Crippen molar-refractivity contribution < 1.29 is 14.3 Å². The van der Waals surface area contributed by atoms with Crippen molar-refractivity contribution in [1.29, 1.82) is 0 Å². The predicted molar refractivity (Wildman–Crippen MR) is 152 cm³/mol. The Hall–Kier alpha value is -3.91. The first kappa shape index (κ1) is 26.2. The van der Waals surface area contributed by atoms with Gasteiger partial charge in [0.25, 0.3) is 11.8 Å². The summed E-state index contributed by atoms with van der Waals surface area (Å²) in [4.78, 5) is 29.7. The molecule has 1 aliphatic rings. The summed E-state index contributed by atoms with van der Waals surface area (Å²) in [7, 11) is 0. The van der Waals surface area contributed by atoms with Gasteiger partial charge in [-0.3, -0.25) is 14.9 Å². The molecule has 3 aromatic rings. The van der Waals surface area contributed by atoms with Gasteiger partial charge in [0.05, 0.1) is 6.10 Å². The maximum Gasteiger partial charge on any atom is 0.257 e. The molecule has 1 aliphatic heterocycles. The average molecular weight is 517 g/mol. The van der Waals surface area contributed by atoms with Crippen molar-refractivity contribution in [1.82, 2.24) is 10.2 Å². The predicted octanol–water partition coefficient (Wildman–Crippen LogP) is 4.87. The fraction of sp³-hybridized carbons (Fsp3) is 0.276. The molecule has 0 radical (unpaired) electrons. The van der Waals surface area contributed by atoms with Gasteiger partial charge in [0.1, 0.15) is 5.75 Å². The highest BCUT2D eigenvalue weighted by molar-refractivity contribution is 7.80. The molecule has 0 spiro atoms. The Morgan fingerprint density at radius 3 is 2.30 bits per heavy atom. The van der Waals surface area contributed by atoms with E-state index in [1.165, 1.54) is 0 Å². The number of rotatable bonds is 6. The monoisotopic (exact) mass is 516 g/mol. The van der Waals surface area contributed by atoms with E-state index in [0.717, 1.165) is 35.6 Å². The van der Waals surface area contributed by atoms with Gasteiger partial charge < -0.3 is 19.9 Å². The zero-order chi connectivity index (χ0) is 26.4. The van der Waals surface area contributed by atoms with Crippen LogP contribution in [0.5, 0.6) is 5.75 Å². The zero-order valence-corrected chi connectivity index (χ0v) is 22.2. The number of nitrogens with zero attached hydrogens (tertiary/aromatic N) is 2. The number of hydrogen-bond donors (Lipinski definition) is 2. The molecule has 8 heteroatoms. The van der Waals surface area contributed by atoms with E-state index >= 15 is 0 Å². The molecule has 0 saturated carbocycles. The summed E-state index contributed by atoms with van der Waals surface area (Å²) in [5.74, 6) is 0.422. The molecule has 1 saturated heterocycles. The lowest BCUT2D eigenvalue weighted by molar-refractivity contribution is 0.0746. The number of nitrogens with one attached hydrogen (secondary N) is 2. The number of carbonyl (C=O) groups is 2. The third-order valence-electron chi connectivity index (χ3n) is 6.13. The minimum Gasteiger partial charge on any atom is -0.491 e. The van der Waals surface area contributed by atoms with Crippen molar-refractivity contribution in [3.63, 3.8) is 0 Å². The molecule has 37 heavy (non-hydrogen) atoms. The molecule has 0 atom stereocenters. The number of benzene rings is 3. The van der Waals surface area contributed by atoms with Gasteiger partial charge in [0, 0.05) is 48.7 Å². The molecule has 1 heterocycles. The molecular formula is C29H32N4O3S. The lowest BCUT2D eigenvalue weighted by Gasteiger charge is -2.36. The number of anilines is 2. The summed E-state index contributed by atoms with van der Waals surface area (Å²) >= 11 is 5.34. The average Bonchev–Trinajstić information content (AvgIpc) is 2.89. The first-order valence-corrected chi connectivity index (χ1v) is 12.8. The molecule has 1 fully saturated rings. The van der Waals surface area contributed by atoms with Crippen LogP contribution in [0, 0.1) is 6.92 Å². The summed E-state index contributed by atoms with van der Waals surface area (Å²) in [5.41, 5.74) is 4.09. The second-order valence-corrected chi connectivity index (χ2v) is 9.65. The molecular weight excluding hydrogens is 484 g/mol. The van der Waals surface area contributed by atoms with E-state index in [-0.39, 0.29) is 23.0 Å². The molecule has 0 aromatic heterocycles. The topological polar surface area (TPSA) is 73.9 Å². The van der Waals surface area contributed by atoms with Gasteiger partial charge >= 0.3 is 0 Å². The third-order valence-corrected chi connectivity index (χ3v) is 6.33. The van der Waals surface area contributed by atoms with Gasteiger partial charge in [-0.25, -0.2) is 0 Å². The summed E-state index contributed by atoms with van der Waals surface area (Å²) in [6.45, 7) is 8.71. The van der Waals surface area contributed by atoms with Crippen LogP contribution in [-0.4, -0.2) is 54.1 Å². The Labute approximate surface area is 223 Å². The third kappa shape index (κ3) is 6.86. The first-order chi connectivity index (χ1) is 17.8. The van der Waals surface area contributed by atoms with E-state index in [1.807, 2.05) is 80.3 Å². The van der Waals surface area contributed by atoms with Crippen LogP contribution in [0.3, 0.4) is 0 Å². The fourth-order valence-electron chi connectivity index (χ4n) is 4.23. The number of thiocarbonyl (C=S) groups is 1. The Balaban J connectivity index is 1.28. The lowest BCUT2D eigenvalue weighted by Crippen LogP contribution is -2.48. The molecule has 4 rings (SSSR count). The highest BCUT2D eigenvalue weighted by Gasteiger charge is 2.23. The second-order valence-electron chi connectivity index (χ2n) is 9.24. The van der Waals surface area contributed by atoms with Crippen LogP contribution in [0.15, 0.2) is 72.8 Å². The van der Waals surface area contributed by atoms with Crippen molar-refractivity contribution in [2.75, 3.05) is 36.4 Å². The highest BCUT2D eigenvalue weighted by Crippen LogP contribution is 2.21. The van der Waals surface area contributed by atoms with E-state index in [0.29, 0.717) is 24.4 Å². The van der Waals surface area contributed by atoms with E-state index in [9.17, 15) is 9.59 Å². The molecule has 7 nitrogen and oxygen atoms in total. The van der Waals surface area contributed by atoms with Crippen LogP contribution < -0.4 is 20.3 Å². The molecule has 192 valence electrons. The highest BCUT2D eigenvalue weighted by atomic mass is 32.1. The van der Waals surface area contributed by atoms with Crippen LogP contribution in [0.2, 0.25) is 0 Å². The van der Waals surface area contributed by atoms with Crippen molar-refractivity contribution in [3.05, 3.63) is 89.5 Å².